The van der Waals surface area contributed by atoms with Crippen LogP contribution in [-0.4, -0.2) is 43.0 Å². The van der Waals surface area contributed by atoms with E-state index in [0.717, 1.165) is 11.3 Å². The molecule has 1 N–H and O–H groups in total. The maximum absolute atomic E-state index is 12.5. The molecule has 2 aliphatic rings. The highest BCUT2D eigenvalue weighted by Crippen LogP contribution is 2.37. The van der Waals surface area contributed by atoms with Gasteiger partial charge in [-0.1, -0.05) is 35.9 Å². The van der Waals surface area contributed by atoms with Crippen LogP contribution in [0.3, 0.4) is 0 Å². The van der Waals surface area contributed by atoms with Gasteiger partial charge in [0.05, 0.1) is 17.7 Å². The number of benzene rings is 2. The molecule has 8 nitrogen and oxygen atoms in total. The number of fused-ring (bicyclic) bond motifs is 1. The third-order valence-electron chi connectivity index (χ3n) is 5.17. The van der Waals surface area contributed by atoms with Crippen LogP contribution in [0.1, 0.15) is 18.1 Å². The van der Waals surface area contributed by atoms with Crippen molar-refractivity contribution >= 4 is 35.3 Å². The third kappa shape index (κ3) is 5.22. The van der Waals surface area contributed by atoms with E-state index in [4.69, 9.17) is 36.1 Å². The summed E-state index contributed by atoms with van der Waals surface area (Å²) >= 11 is 6.48. The predicted octanol–water partition coefficient (Wildman–Crippen LogP) is 4.99. The normalized spacial score (nSPS) is 15.9. The minimum atomic E-state index is -0.542. The van der Waals surface area contributed by atoms with Gasteiger partial charge in [-0.3, -0.25) is 10.2 Å². The Labute approximate surface area is 208 Å². The quantitative estimate of drug-likeness (QED) is 0.300. The fourth-order valence-corrected chi connectivity index (χ4v) is 3.87. The Bertz CT molecular complexity index is 1280. The number of halogens is 1. The highest BCUT2D eigenvalue weighted by atomic mass is 35.5. The molecule has 2 aliphatic heterocycles. The van der Waals surface area contributed by atoms with E-state index in [1.54, 1.807) is 25.1 Å². The first-order valence-corrected chi connectivity index (χ1v) is 11.2. The van der Waals surface area contributed by atoms with Crippen LogP contribution in [-0.2, 0) is 16.1 Å². The number of nitrogens with one attached hydrogen (secondary N) is 1. The van der Waals surface area contributed by atoms with Gasteiger partial charge >= 0.3 is 0 Å². The van der Waals surface area contributed by atoms with Crippen LogP contribution in [0.5, 0.6) is 17.2 Å². The van der Waals surface area contributed by atoms with Crippen molar-refractivity contribution in [2.24, 2.45) is 4.99 Å². The van der Waals surface area contributed by atoms with Gasteiger partial charge in [0.25, 0.3) is 5.91 Å². The Kier molecular flexibility index (Phi) is 7.22. The topological polar surface area (TPSA) is 93.4 Å². The van der Waals surface area contributed by atoms with Gasteiger partial charge in [-0.2, -0.15) is 4.99 Å². The molecule has 2 aromatic rings. The van der Waals surface area contributed by atoms with Gasteiger partial charge < -0.3 is 19.0 Å². The van der Waals surface area contributed by atoms with Crippen molar-refractivity contribution in [2.45, 2.75) is 13.3 Å². The van der Waals surface area contributed by atoms with E-state index in [9.17, 15) is 4.79 Å². The van der Waals surface area contributed by atoms with Crippen LogP contribution in [0.4, 0.5) is 0 Å². The molecule has 4 rings (SSSR count). The van der Waals surface area contributed by atoms with Crippen LogP contribution in [0.25, 0.3) is 6.08 Å². The van der Waals surface area contributed by atoms with Crippen molar-refractivity contribution < 1.29 is 23.8 Å². The van der Waals surface area contributed by atoms with Gasteiger partial charge in [0.1, 0.15) is 24.7 Å². The van der Waals surface area contributed by atoms with Crippen molar-refractivity contribution in [3.8, 4) is 17.2 Å². The molecule has 1 amide bonds. The van der Waals surface area contributed by atoms with E-state index in [2.05, 4.69) is 11.6 Å². The van der Waals surface area contributed by atoms with Crippen LogP contribution in [0.15, 0.2) is 71.5 Å². The Balaban J connectivity index is 1.47. The van der Waals surface area contributed by atoms with Gasteiger partial charge in [-0.25, -0.2) is 0 Å². The number of aliphatic imine (C=N–C) groups is 1. The highest BCUT2D eigenvalue weighted by Gasteiger charge is 2.34. The maximum Gasteiger partial charge on any atom is 0.282 e. The van der Waals surface area contributed by atoms with Crippen molar-refractivity contribution in [1.29, 1.82) is 5.41 Å². The number of ether oxygens (including phenoxy) is 3. The first kappa shape index (κ1) is 24.1. The molecule has 0 atom stereocenters. The standard InChI is InChI=1S/C26H24ClN3O5/c1-4-7-18-8-5-6-9-21(18)33-10-11-34-24-20(27)14-17(15-22(24)32-3)13-19-25(28)30-23(29-26(19)31)12-16(2)35-30/h4-6,8-9,12-15,28H,1,7,10-11H2,2-3H3/b19-13+,28-25?. The number of hydrogen-bond acceptors (Lipinski definition) is 6. The Morgan fingerprint density at radius 1 is 1.20 bits per heavy atom. The molecule has 9 heteroatoms. The van der Waals surface area contributed by atoms with E-state index in [-0.39, 0.29) is 28.9 Å². The summed E-state index contributed by atoms with van der Waals surface area (Å²) in [4.78, 5) is 21.9. The summed E-state index contributed by atoms with van der Waals surface area (Å²) in [6.07, 6.45) is 5.64. The number of methoxy groups -OCH3 is 1. The smallest absolute Gasteiger partial charge is 0.282 e. The predicted molar refractivity (Wildman–Crippen MR) is 134 cm³/mol. The van der Waals surface area contributed by atoms with E-state index >= 15 is 0 Å². The number of amides is 1. The summed E-state index contributed by atoms with van der Waals surface area (Å²) in [6, 6.07) is 11.0. The Morgan fingerprint density at radius 3 is 2.74 bits per heavy atom. The number of allylic oxidation sites excluding steroid dienone is 2. The first-order valence-electron chi connectivity index (χ1n) is 10.8. The van der Waals surface area contributed by atoms with Crippen molar-refractivity contribution in [1.82, 2.24) is 5.06 Å². The molecule has 0 radical (unpaired) electrons. The number of hydroxylamine groups is 2. The zero-order valence-electron chi connectivity index (χ0n) is 19.3. The maximum atomic E-state index is 12.5. The number of nitrogens with zero attached hydrogens (tertiary/aromatic N) is 2. The number of amidine groups is 2. The summed E-state index contributed by atoms with van der Waals surface area (Å²) < 4.78 is 17.2. The summed E-state index contributed by atoms with van der Waals surface area (Å²) in [5, 5.41) is 9.84. The highest BCUT2D eigenvalue weighted by molar-refractivity contribution is 6.33. The monoisotopic (exact) mass is 493 g/mol. The molecule has 0 saturated carbocycles. The summed E-state index contributed by atoms with van der Waals surface area (Å²) in [5.74, 6) is 1.68. The van der Waals surface area contributed by atoms with Crippen molar-refractivity contribution in [3.05, 3.63) is 82.6 Å². The average Bonchev–Trinajstić information content (AvgIpc) is 3.21. The average molecular weight is 494 g/mol. The van der Waals surface area contributed by atoms with E-state index in [0.29, 0.717) is 35.8 Å². The zero-order chi connectivity index (χ0) is 24.9. The van der Waals surface area contributed by atoms with Crippen LogP contribution < -0.4 is 14.2 Å². The summed E-state index contributed by atoms with van der Waals surface area (Å²) in [7, 11) is 1.49. The molecular formula is C26H24ClN3O5. The third-order valence-corrected chi connectivity index (χ3v) is 5.45. The van der Waals surface area contributed by atoms with Gasteiger partial charge in [-0.15, -0.1) is 11.6 Å². The molecule has 0 aromatic heterocycles. The minimum Gasteiger partial charge on any atom is -0.493 e. The largest absolute Gasteiger partial charge is 0.493 e. The Hall–Kier alpha value is -4.04. The second-order valence-corrected chi connectivity index (χ2v) is 8.06. The number of para-hydroxylation sites is 1. The van der Waals surface area contributed by atoms with Crippen molar-refractivity contribution in [2.75, 3.05) is 20.3 Å². The van der Waals surface area contributed by atoms with Crippen molar-refractivity contribution in [3.63, 3.8) is 0 Å². The second kappa shape index (κ2) is 10.5. The number of hydrogen-bond donors (Lipinski definition) is 1. The zero-order valence-corrected chi connectivity index (χ0v) is 20.1. The number of carbonyl (C=O) groups is 1. The van der Waals surface area contributed by atoms with E-state index in [1.807, 2.05) is 30.3 Å². The van der Waals surface area contributed by atoms with Crippen LogP contribution in [0.2, 0.25) is 5.02 Å². The fraction of sp³-hybridized carbons (Fsp3) is 0.192. The lowest BCUT2D eigenvalue weighted by Crippen LogP contribution is -2.38. The summed E-state index contributed by atoms with van der Waals surface area (Å²) in [6.45, 7) is 6.02. The first-order chi connectivity index (χ1) is 16.9. The molecular weight excluding hydrogens is 470 g/mol. The molecule has 0 spiro atoms. The van der Waals surface area contributed by atoms with Gasteiger partial charge in [0, 0.05) is 6.08 Å². The van der Waals surface area contributed by atoms with E-state index in [1.165, 1.54) is 18.2 Å². The molecule has 0 unspecified atom stereocenters. The lowest BCUT2D eigenvalue weighted by atomic mass is 10.1. The molecule has 2 aromatic carbocycles. The lowest BCUT2D eigenvalue weighted by molar-refractivity contribution is -0.114. The molecule has 35 heavy (non-hydrogen) atoms. The SMILES string of the molecule is C=CCc1ccccc1OCCOc1c(Cl)cc(/C=C2\C(=N)N3OC(C)=CC3=NC2=O)cc1OC. The minimum absolute atomic E-state index is 0.0650. The second-order valence-electron chi connectivity index (χ2n) is 7.65. The molecule has 0 fully saturated rings. The number of rotatable bonds is 9. The number of carbonyl (C=O) groups excluding carboxylic acids is 1. The van der Waals surface area contributed by atoms with Gasteiger partial charge in [0.15, 0.2) is 23.2 Å². The summed E-state index contributed by atoms with van der Waals surface area (Å²) in [5.41, 5.74) is 1.65. The molecule has 180 valence electrons. The van der Waals surface area contributed by atoms with Gasteiger partial charge in [0.2, 0.25) is 0 Å². The van der Waals surface area contributed by atoms with Gasteiger partial charge in [-0.05, 0) is 48.7 Å². The van der Waals surface area contributed by atoms with Crippen LogP contribution >= 0.6 is 11.6 Å². The van der Waals surface area contributed by atoms with E-state index < -0.39 is 5.91 Å². The lowest BCUT2D eigenvalue weighted by Gasteiger charge is -2.23. The Morgan fingerprint density at radius 2 is 1.97 bits per heavy atom. The van der Waals surface area contributed by atoms with Crippen LogP contribution in [0, 0.1) is 5.41 Å². The molecule has 2 heterocycles. The molecule has 0 aliphatic carbocycles. The molecule has 0 saturated heterocycles. The fourth-order valence-electron chi connectivity index (χ4n) is 3.59. The molecule has 0 bridgehead atoms.